The number of aryl methyl sites for hydroxylation is 2. The van der Waals surface area contributed by atoms with Gasteiger partial charge >= 0.3 is 5.97 Å². The van der Waals surface area contributed by atoms with Gasteiger partial charge in [0.05, 0.1) is 29.2 Å². The van der Waals surface area contributed by atoms with Crippen LogP contribution in [-0.2, 0) is 27.8 Å². The Morgan fingerprint density at radius 3 is 2.81 bits per heavy atom. The molecule has 0 fully saturated rings. The maximum Gasteiger partial charge on any atom is 0.312 e. The van der Waals surface area contributed by atoms with Gasteiger partial charge in [0, 0.05) is 30.4 Å². The van der Waals surface area contributed by atoms with Crippen molar-refractivity contribution in [3.8, 4) is 10.6 Å². The standard InChI is InChI=1S/C18H19N5O3S/c1-11-17(12(2)23(3)22-11)21-15(24)9-26-16(25)7-14-10-27-18(20-14)13-5-4-6-19-8-13/h4-6,8,10H,7,9H2,1-3H3,(H,21,24). The number of esters is 1. The number of anilines is 1. The van der Waals surface area contributed by atoms with Crippen molar-refractivity contribution in [3.63, 3.8) is 0 Å². The Morgan fingerprint density at radius 2 is 2.15 bits per heavy atom. The van der Waals surface area contributed by atoms with Crippen LogP contribution in [0.15, 0.2) is 29.9 Å². The van der Waals surface area contributed by atoms with Gasteiger partial charge in [-0.2, -0.15) is 5.10 Å². The van der Waals surface area contributed by atoms with Crippen LogP contribution in [-0.4, -0.2) is 38.2 Å². The lowest BCUT2D eigenvalue weighted by molar-refractivity contribution is -0.146. The van der Waals surface area contributed by atoms with Gasteiger partial charge in [-0.15, -0.1) is 11.3 Å². The number of hydrogen-bond donors (Lipinski definition) is 1. The topological polar surface area (TPSA) is 99.0 Å². The molecule has 8 nitrogen and oxygen atoms in total. The Bertz CT molecular complexity index is 965. The SMILES string of the molecule is Cc1nn(C)c(C)c1NC(=O)COC(=O)Cc1csc(-c2cccnc2)n1. The van der Waals surface area contributed by atoms with E-state index in [0.717, 1.165) is 16.3 Å². The zero-order chi connectivity index (χ0) is 19.4. The van der Waals surface area contributed by atoms with Crippen LogP contribution < -0.4 is 5.32 Å². The van der Waals surface area contributed by atoms with Gasteiger partial charge in [0.1, 0.15) is 5.01 Å². The van der Waals surface area contributed by atoms with E-state index in [4.69, 9.17) is 4.74 Å². The fraction of sp³-hybridized carbons (Fsp3) is 0.278. The van der Waals surface area contributed by atoms with Crippen molar-refractivity contribution in [2.75, 3.05) is 11.9 Å². The Labute approximate surface area is 160 Å². The molecule has 0 saturated heterocycles. The van der Waals surface area contributed by atoms with Gasteiger partial charge in [-0.25, -0.2) is 4.98 Å². The minimum Gasteiger partial charge on any atom is -0.455 e. The molecule has 0 spiro atoms. The molecule has 0 aromatic carbocycles. The predicted molar refractivity (Wildman–Crippen MR) is 101 cm³/mol. The lowest BCUT2D eigenvalue weighted by Crippen LogP contribution is -2.22. The number of ether oxygens (including phenoxy) is 1. The van der Waals surface area contributed by atoms with E-state index in [1.165, 1.54) is 11.3 Å². The van der Waals surface area contributed by atoms with E-state index in [1.54, 1.807) is 36.4 Å². The molecular formula is C18H19N5O3S. The summed E-state index contributed by atoms with van der Waals surface area (Å²) in [7, 11) is 1.80. The average molecular weight is 385 g/mol. The van der Waals surface area contributed by atoms with Gasteiger partial charge in [-0.1, -0.05) is 0 Å². The van der Waals surface area contributed by atoms with E-state index in [1.807, 2.05) is 19.1 Å². The molecule has 3 aromatic heterocycles. The van der Waals surface area contributed by atoms with Crippen molar-refractivity contribution in [1.29, 1.82) is 0 Å². The first kappa shape index (κ1) is 18.7. The fourth-order valence-corrected chi connectivity index (χ4v) is 3.30. The monoisotopic (exact) mass is 385 g/mol. The summed E-state index contributed by atoms with van der Waals surface area (Å²) >= 11 is 1.43. The van der Waals surface area contributed by atoms with Gasteiger partial charge in [0.25, 0.3) is 5.91 Å². The summed E-state index contributed by atoms with van der Waals surface area (Å²) in [6, 6.07) is 3.73. The smallest absolute Gasteiger partial charge is 0.312 e. The van der Waals surface area contributed by atoms with Crippen molar-refractivity contribution in [1.82, 2.24) is 19.7 Å². The second-order valence-corrected chi connectivity index (χ2v) is 6.80. The van der Waals surface area contributed by atoms with Gasteiger partial charge < -0.3 is 10.1 Å². The quantitative estimate of drug-likeness (QED) is 0.654. The van der Waals surface area contributed by atoms with E-state index in [0.29, 0.717) is 17.1 Å². The Balaban J connectivity index is 1.51. The first-order valence-corrected chi connectivity index (χ1v) is 9.12. The van der Waals surface area contributed by atoms with E-state index >= 15 is 0 Å². The maximum absolute atomic E-state index is 12.0. The summed E-state index contributed by atoms with van der Waals surface area (Å²) < 4.78 is 6.74. The van der Waals surface area contributed by atoms with Crippen LogP contribution in [0.3, 0.4) is 0 Å². The first-order chi connectivity index (χ1) is 12.9. The van der Waals surface area contributed by atoms with Gasteiger partial charge in [0.15, 0.2) is 6.61 Å². The van der Waals surface area contributed by atoms with Crippen LogP contribution in [0.1, 0.15) is 17.1 Å². The van der Waals surface area contributed by atoms with Crippen LogP contribution in [0.5, 0.6) is 0 Å². The summed E-state index contributed by atoms with van der Waals surface area (Å²) in [5.74, 6) is -0.912. The third-order valence-corrected chi connectivity index (χ3v) is 4.86. The van der Waals surface area contributed by atoms with Gasteiger partial charge in [0.2, 0.25) is 0 Å². The third kappa shape index (κ3) is 4.56. The summed E-state index contributed by atoms with van der Waals surface area (Å²) in [5.41, 5.74) is 3.67. The van der Waals surface area contributed by atoms with Crippen LogP contribution >= 0.6 is 11.3 Å². The lowest BCUT2D eigenvalue weighted by atomic mass is 10.3. The number of rotatable bonds is 6. The number of thiazole rings is 1. The summed E-state index contributed by atoms with van der Waals surface area (Å²) in [6.45, 7) is 3.30. The number of aromatic nitrogens is 4. The maximum atomic E-state index is 12.0. The predicted octanol–water partition coefficient (Wildman–Crippen LogP) is 2.28. The van der Waals surface area contributed by atoms with Crippen LogP contribution in [0, 0.1) is 13.8 Å². The molecule has 1 amide bonds. The number of carbonyl (C=O) groups excluding carboxylic acids is 2. The van der Waals surface area contributed by atoms with Crippen LogP contribution in [0.2, 0.25) is 0 Å². The van der Waals surface area contributed by atoms with Crippen LogP contribution in [0.4, 0.5) is 5.69 Å². The molecule has 0 bridgehead atoms. The van der Waals surface area contributed by atoms with Crippen LogP contribution in [0.25, 0.3) is 10.6 Å². The number of nitrogens with one attached hydrogen (secondary N) is 1. The highest BCUT2D eigenvalue weighted by molar-refractivity contribution is 7.13. The van der Waals surface area contributed by atoms with E-state index in [-0.39, 0.29) is 13.0 Å². The second kappa shape index (κ2) is 8.09. The molecule has 3 rings (SSSR count). The highest BCUT2D eigenvalue weighted by Gasteiger charge is 2.15. The highest BCUT2D eigenvalue weighted by Crippen LogP contribution is 2.23. The molecule has 0 unspecified atom stereocenters. The Hall–Kier alpha value is -3.07. The third-order valence-electron chi connectivity index (χ3n) is 3.92. The van der Waals surface area contributed by atoms with Crippen molar-refractivity contribution >= 4 is 28.9 Å². The molecule has 0 aliphatic heterocycles. The summed E-state index contributed by atoms with van der Waals surface area (Å²) in [4.78, 5) is 32.5. The molecule has 1 N–H and O–H groups in total. The number of amides is 1. The molecule has 0 saturated carbocycles. The summed E-state index contributed by atoms with van der Waals surface area (Å²) in [6.07, 6.45) is 3.41. The molecule has 140 valence electrons. The average Bonchev–Trinajstić information content (AvgIpc) is 3.21. The highest BCUT2D eigenvalue weighted by atomic mass is 32.1. The number of carbonyl (C=O) groups is 2. The molecule has 0 atom stereocenters. The minimum atomic E-state index is -0.507. The second-order valence-electron chi connectivity index (χ2n) is 5.94. The zero-order valence-electron chi connectivity index (χ0n) is 15.2. The van der Waals surface area contributed by atoms with Crippen molar-refractivity contribution in [2.45, 2.75) is 20.3 Å². The van der Waals surface area contributed by atoms with Gasteiger partial charge in [-0.3, -0.25) is 19.3 Å². The molecule has 0 aliphatic carbocycles. The number of hydrogen-bond acceptors (Lipinski definition) is 7. The number of nitrogens with zero attached hydrogens (tertiary/aromatic N) is 4. The first-order valence-electron chi connectivity index (χ1n) is 8.24. The van der Waals surface area contributed by atoms with Crippen molar-refractivity contribution < 1.29 is 14.3 Å². The molecule has 0 aliphatic rings. The molecule has 9 heteroatoms. The van der Waals surface area contributed by atoms with Gasteiger partial charge in [-0.05, 0) is 26.0 Å². The molecular weight excluding hydrogens is 366 g/mol. The van der Waals surface area contributed by atoms with E-state index in [2.05, 4.69) is 20.4 Å². The fourth-order valence-electron chi connectivity index (χ4n) is 2.48. The molecule has 27 heavy (non-hydrogen) atoms. The zero-order valence-corrected chi connectivity index (χ0v) is 16.0. The Kier molecular flexibility index (Phi) is 5.60. The molecule has 0 radical (unpaired) electrons. The van der Waals surface area contributed by atoms with Crippen molar-refractivity contribution in [2.24, 2.45) is 7.05 Å². The largest absolute Gasteiger partial charge is 0.455 e. The lowest BCUT2D eigenvalue weighted by Gasteiger charge is -2.06. The van der Waals surface area contributed by atoms with Crippen molar-refractivity contribution in [3.05, 3.63) is 47.0 Å². The Morgan fingerprint density at radius 1 is 1.33 bits per heavy atom. The number of pyridine rings is 1. The minimum absolute atomic E-state index is 0.00892. The molecule has 3 heterocycles. The summed E-state index contributed by atoms with van der Waals surface area (Å²) in [5, 5.41) is 9.53. The van der Waals surface area contributed by atoms with E-state index in [9.17, 15) is 9.59 Å². The van der Waals surface area contributed by atoms with E-state index < -0.39 is 11.9 Å². The normalized spacial score (nSPS) is 10.6. The molecule has 3 aromatic rings.